The second-order valence-corrected chi connectivity index (χ2v) is 11.4. The second-order valence-electron chi connectivity index (χ2n) is 11.4. The van der Waals surface area contributed by atoms with Crippen molar-refractivity contribution in [2.24, 2.45) is 46.3 Å². The minimum Gasteiger partial charge on any atom is -0.393 e. The van der Waals surface area contributed by atoms with E-state index in [1.54, 1.807) is 0 Å². The molecule has 4 aliphatic carbocycles. The molecular formula is C25H42O3. The van der Waals surface area contributed by atoms with Gasteiger partial charge in [-0.3, -0.25) is 0 Å². The molecule has 4 fully saturated rings. The SMILES string of the molecule is C=CCC[C@@H](C)[C@H]1CC[C@H]2[C@@H]3[C@H](O)C[C@H]4C[C@H](O)CC[C@]4(C)[C@H]3C[C@H](O)[C@]12C. The van der Waals surface area contributed by atoms with Gasteiger partial charge in [-0.1, -0.05) is 26.8 Å². The van der Waals surface area contributed by atoms with Gasteiger partial charge >= 0.3 is 0 Å². The Hall–Kier alpha value is -0.380. The Morgan fingerprint density at radius 2 is 1.79 bits per heavy atom. The minimum atomic E-state index is -0.271. The topological polar surface area (TPSA) is 60.7 Å². The Morgan fingerprint density at radius 1 is 1.04 bits per heavy atom. The van der Waals surface area contributed by atoms with Crippen LogP contribution in [-0.4, -0.2) is 33.6 Å². The molecular weight excluding hydrogens is 348 g/mol. The predicted octanol–water partition coefficient (Wildman–Crippen LogP) is 4.55. The lowest BCUT2D eigenvalue weighted by molar-refractivity contribution is -0.207. The number of aliphatic hydroxyl groups is 3. The second kappa shape index (κ2) is 7.39. The first-order valence-electron chi connectivity index (χ1n) is 11.9. The summed E-state index contributed by atoms with van der Waals surface area (Å²) >= 11 is 0. The van der Waals surface area contributed by atoms with E-state index in [1.807, 2.05) is 6.08 Å². The van der Waals surface area contributed by atoms with Crippen LogP contribution in [0.15, 0.2) is 12.7 Å². The van der Waals surface area contributed by atoms with Crippen LogP contribution in [0, 0.1) is 46.3 Å². The Balaban J connectivity index is 1.63. The molecule has 4 rings (SSSR count). The molecule has 28 heavy (non-hydrogen) atoms. The smallest absolute Gasteiger partial charge is 0.0602 e. The summed E-state index contributed by atoms with van der Waals surface area (Å²) in [7, 11) is 0. The third-order valence-electron chi connectivity index (χ3n) is 10.3. The molecule has 0 spiro atoms. The van der Waals surface area contributed by atoms with Gasteiger partial charge in [0.15, 0.2) is 0 Å². The highest BCUT2D eigenvalue weighted by Gasteiger charge is 2.65. The molecule has 3 nitrogen and oxygen atoms in total. The highest BCUT2D eigenvalue weighted by Crippen LogP contribution is 2.68. The largest absolute Gasteiger partial charge is 0.393 e. The Labute approximate surface area is 171 Å². The lowest BCUT2D eigenvalue weighted by Crippen LogP contribution is -2.62. The zero-order chi connectivity index (χ0) is 20.3. The Bertz CT molecular complexity index is 590. The molecule has 4 saturated carbocycles. The fourth-order valence-electron chi connectivity index (χ4n) is 8.71. The first-order chi connectivity index (χ1) is 13.2. The summed E-state index contributed by atoms with van der Waals surface area (Å²) in [6, 6.07) is 0. The summed E-state index contributed by atoms with van der Waals surface area (Å²) in [6.07, 6.45) is 10.2. The zero-order valence-electron chi connectivity index (χ0n) is 18.2. The average Bonchev–Trinajstić information content (AvgIpc) is 3.01. The van der Waals surface area contributed by atoms with Crippen molar-refractivity contribution in [2.75, 3.05) is 0 Å². The first-order valence-corrected chi connectivity index (χ1v) is 11.9. The first kappa shape index (κ1) is 20.9. The molecule has 0 radical (unpaired) electrons. The third-order valence-corrected chi connectivity index (χ3v) is 10.3. The van der Waals surface area contributed by atoms with Crippen LogP contribution in [0.5, 0.6) is 0 Å². The van der Waals surface area contributed by atoms with E-state index in [0.717, 1.165) is 51.4 Å². The van der Waals surface area contributed by atoms with E-state index in [4.69, 9.17) is 0 Å². The molecule has 0 aromatic rings. The van der Waals surface area contributed by atoms with E-state index < -0.39 is 0 Å². The summed E-state index contributed by atoms with van der Waals surface area (Å²) in [6.45, 7) is 11.0. The molecule has 3 N–H and O–H groups in total. The molecule has 0 aromatic heterocycles. The van der Waals surface area contributed by atoms with Crippen molar-refractivity contribution < 1.29 is 15.3 Å². The van der Waals surface area contributed by atoms with Crippen molar-refractivity contribution in [3.05, 3.63) is 12.7 Å². The molecule has 0 aliphatic heterocycles. The van der Waals surface area contributed by atoms with E-state index in [2.05, 4.69) is 27.4 Å². The lowest BCUT2D eigenvalue weighted by atomic mass is 9.43. The quantitative estimate of drug-likeness (QED) is 0.617. The van der Waals surface area contributed by atoms with Crippen LogP contribution in [0.2, 0.25) is 0 Å². The molecule has 0 aromatic carbocycles. The summed E-state index contributed by atoms with van der Waals surface area (Å²) < 4.78 is 0. The van der Waals surface area contributed by atoms with Crippen LogP contribution in [0.4, 0.5) is 0 Å². The number of hydrogen-bond acceptors (Lipinski definition) is 3. The number of fused-ring (bicyclic) bond motifs is 5. The molecule has 4 aliphatic rings. The average molecular weight is 391 g/mol. The lowest BCUT2D eigenvalue weighted by Gasteiger charge is -2.63. The van der Waals surface area contributed by atoms with Crippen LogP contribution in [0.25, 0.3) is 0 Å². The van der Waals surface area contributed by atoms with Gasteiger partial charge in [-0.15, -0.1) is 6.58 Å². The van der Waals surface area contributed by atoms with E-state index >= 15 is 0 Å². The monoisotopic (exact) mass is 390 g/mol. The van der Waals surface area contributed by atoms with E-state index in [1.165, 1.54) is 6.42 Å². The number of aliphatic hydroxyl groups excluding tert-OH is 3. The Morgan fingerprint density at radius 3 is 2.50 bits per heavy atom. The highest BCUT2D eigenvalue weighted by molar-refractivity contribution is 5.14. The van der Waals surface area contributed by atoms with Gasteiger partial charge in [-0.05, 0) is 104 Å². The molecule has 160 valence electrons. The summed E-state index contributed by atoms with van der Waals surface area (Å²) in [5.41, 5.74) is 0.0953. The van der Waals surface area contributed by atoms with Crippen LogP contribution in [0.3, 0.4) is 0 Å². The van der Waals surface area contributed by atoms with Gasteiger partial charge in [-0.2, -0.15) is 0 Å². The predicted molar refractivity (Wildman–Crippen MR) is 113 cm³/mol. The standard InChI is InChI=1S/C25H42O3/c1-5-6-7-15(2)18-8-9-19-23-20(14-22(28)25(18,19)4)24(3)11-10-17(26)12-16(24)13-21(23)27/h5,15-23,26-28H,1,6-14H2,2-4H3/t15-,16-,17-,18-,19+,20+,21-,22+,23+,24+,25-/m1/s1. The highest BCUT2D eigenvalue weighted by atomic mass is 16.3. The van der Waals surface area contributed by atoms with Gasteiger partial charge < -0.3 is 15.3 Å². The molecule has 0 heterocycles. The maximum absolute atomic E-state index is 11.5. The van der Waals surface area contributed by atoms with Gasteiger partial charge in [0.1, 0.15) is 0 Å². The van der Waals surface area contributed by atoms with Gasteiger partial charge in [0.2, 0.25) is 0 Å². The van der Waals surface area contributed by atoms with Gasteiger partial charge in [-0.25, -0.2) is 0 Å². The van der Waals surface area contributed by atoms with Crippen molar-refractivity contribution in [1.82, 2.24) is 0 Å². The van der Waals surface area contributed by atoms with Gasteiger partial charge in [0, 0.05) is 0 Å². The number of allylic oxidation sites excluding steroid dienone is 1. The van der Waals surface area contributed by atoms with Gasteiger partial charge in [0.05, 0.1) is 18.3 Å². The molecule has 11 atom stereocenters. The van der Waals surface area contributed by atoms with Crippen LogP contribution >= 0.6 is 0 Å². The van der Waals surface area contributed by atoms with Crippen molar-refractivity contribution in [2.45, 2.75) is 96.9 Å². The van der Waals surface area contributed by atoms with Gasteiger partial charge in [0.25, 0.3) is 0 Å². The van der Waals surface area contributed by atoms with Crippen molar-refractivity contribution in [1.29, 1.82) is 0 Å². The van der Waals surface area contributed by atoms with Crippen molar-refractivity contribution in [3.63, 3.8) is 0 Å². The molecule has 0 bridgehead atoms. The normalized spacial score (nSPS) is 54.4. The molecule has 0 unspecified atom stereocenters. The van der Waals surface area contributed by atoms with Crippen LogP contribution in [0.1, 0.15) is 78.6 Å². The molecule has 0 saturated heterocycles. The third kappa shape index (κ3) is 2.94. The number of rotatable bonds is 4. The van der Waals surface area contributed by atoms with Crippen molar-refractivity contribution in [3.8, 4) is 0 Å². The van der Waals surface area contributed by atoms with E-state index in [-0.39, 0.29) is 29.1 Å². The minimum absolute atomic E-state index is 0.0693. The van der Waals surface area contributed by atoms with Crippen molar-refractivity contribution >= 4 is 0 Å². The fourth-order valence-corrected chi connectivity index (χ4v) is 8.71. The fraction of sp³-hybridized carbons (Fsp3) is 0.920. The maximum Gasteiger partial charge on any atom is 0.0602 e. The molecule has 3 heteroatoms. The molecule has 0 amide bonds. The summed E-state index contributed by atoms with van der Waals surface area (Å²) in [4.78, 5) is 0. The van der Waals surface area contributed by atoms with Crippen LogP contribution < -0.4 is 0 Å². The number of hydrogen-bond donors (Lipinski definition) is 3. The van der Waals surface area contributed by atoms with E-state index in [9.17, 15) is 15.3 Å². The van der Waals surface area contributed by atoms with E-state index in [0.29, 0.717) is 35.5 Å². The Kier molecular flexibility index (Phi) is 5.51. The summed E-state index contributed by atoms with van der Waals surface area (Å²) in [5.74, 6) is 2.67. The zero-order valence-corrected chi connectivity index (χ0v) is 18.2. The van der Waals surface area contributed by atoms with Crippen LogP contribution in [-0.2, 0) is 0 Å². The maximum atomic E-state index is 11.5. The summed E-state index contributed by atoms with van der Waals surface area (Å²) in [5, 5.41) is 33.0.